The zero-order chi connectivity index (χ0) is 15.7. The molecule has 0 aromatic heterocycles. The maximum absolute atomic E-state index is 12.1. The van der Waals surface area contributed by atoms with Gasteiger partial charge >= 0.3 is 0 Å². The molecule has 1 aromatic carbocycles. The molecule has 2 aliphatic rings. The van der Waals surface area contributed by atoms with Gasteiger partial charge < -0.3 is 19.9 Å². The van der Waals surface area contributed by atoms with Gasteiger partial charge in [-0.3, -0.25) is 14.5 Å². The summed E-state index contributed by atoms with van der Waals surface area (Å²) in [5.41, 5.74) is 0.806. The quantitative estimate of drug-likeness (QED) is 0.793. The summed E-state index contributed by atoms with van der Waals surface area (Å²) in [6.07, 6.45) is 0.307. The molecule has 0 saturated carbocycles. The normalized spacial score (nSPS) is 20.2. The minimum Gasteiger partial charge on any atom is -0.454 e. The van der Waals surface area contributed by atoms with Crippen LogP contribution in [0.15, 0.2) is 12.1 Å². The maximum atomic E-state index is 12.1. The second kappa shape index (κ2) is 5.94. The van der Waals surface area contributed by atoms with Crippen molar-refractivity contribution in [2.75, 3.05) is 31.7 Å². The van der Waals surface area contributed by atoms with E-state index < -0.39 is 0 Å². The molecule has 1 fully saturated rings. The molecule has 22 heavy (non-hydrogen) atoms. The summed E-state index contributed by atoms with van der Waals surface area (Å²) in [4.78, 5) is 25.8. The van der Waals surface area contributed by atoms with Crippen molar-refractivity contribution in [1.29, 1.82) is 0 Å². The number of amides is 1. The highest BCUT2D eigenvalue weighted by Crippen LogP contribution is 2.37. The predicted octanol–water partition coefficient (Wildman–Crippen LogP) is 0.623. The van der Waals surface area contributed by atoms with E-state index in [4.69, 9.17) is 9.47 Å². The lowest BCUT2D eigenvalue weighted by molar-refractivity contribution is -0.117. The van der Waals surface area contributed by atoms with E-state index in [1.165, 1.54) is 6.92 Å². The minimum absolute atomic E-state index is 0.107. The van der Waals surface area contributed by atoms with Crippen molar-refractivity contribution in [2.45, 2.75) is 19.4 Å². The lowest BCUT2D eigenvalue weighted by Crippen LogP contribution is -2.32. The smallest absolute Gasteiger partial charge is 0.238 e. The molecule has 1 amide bonds. The summed E-state index contributed by atoms with van der Waals surface area (Å²) in [6.45, 7) is 2.91. The Bertz CT molecular complexity index is 616. The van der Waals surface area contributed by atoms with E-state index in [1.807, 2.05) is 4.90 Å². The van der Waals surface area contributed by atoms with E-state index >= 15 is 0 Å². The van der Waals surface area contributed by atoms with Crippen molar-refractivity contribution in [3.8, 4) is 11.5 Å². The van der Waals surface area contributed by atoms with Gasteiger partial charge in [0.05, 0.1) is 18.3 Å². The molecular weight excluding hydrogens is 288 g/mol. The number of aliphatic hydroxyl groups excluding tert-OH is 1. The molecule has 7 nitrogen and oxygen atoms in total. The number of aliphatic hydroxyl groups is 1. The molecule has 1 aromatic rings. The number of anilines is 1. The Morgan fingerprint density at radius 3 is 2.73 bits per heavy atom. The second-order valence-electron chi connectivity index (χ2n) is 5.53. The van der Waals surface area contributed by atoms with Gasteiger partial charge in [0.2, 0.25) is 12.7 Å². The Morgan fingerprint density at radius 2 is 2.09 bits per heavy atom. The molecule has 7 heteroatoms. The van der Waals surface area contributed by atoms with Gasteiger partial charge in [0.25, 0.3) is 0 Å². The van der Waals surface area contributed by atoms with E-state index in [0.717, 1.165) is 0 Å². The summed E-state index contributed by atoms with van der Waals surface area (Å²) in [7, 11) is 0. The average molecular weight is 306 g/mol. The van der Waals surface area contributed by atoms with Gasteiger partial charge in [0.1, 0.15) is 0 Å². The first-order valence-corrected chi connectivity index (χ1v) is 7.18. The van der Waals surface area contributed by atoms with Crippen molar-refractivity contribution in [3.05, 3.63) is 17.7 Å². The third kappa shape index (κ3) is 3.05. The first kappa shape index (κ1) is 14.8. The Morgan fingerprint density at radius 1 is 1.36 bits per heavy atom. The topological polar surface area (TPSA) is 88.1 Å². The van der Waals surface area contributed by atoms with Crippen LogP contribution in [0.3, 0.4) is 0 Å². The molecule has 0 bridgehead atoms. The van der Waals surface area contributed by atoms with Crippen molar-refractivity contribution in [3.63, 3.8) is 0 Å². The van der Waals surface area contributed by atoms with E-state index in [1.54, 1.807) is 12.1 Å². The van der Waals surface area contributed by atoms with Crippen LogP contribution in [0.5, 0.6) is 11.5 Å². The van der Waals surface area contributed by atoms with Gasteiger partial charge in [-0.25, -0.2) is 0 Å². The van der Waals surface area contributed by atoms with Crippen molar-refractivity contribution >= 4 is 17.4 Å². The van der Waals surface area contributed by atoms with Gasteiger partial charge in [-0.05, 0) is 19.4 Å². The number of benzene rings is 1. The molecule has 1 unspecified atom stereocenters. The van der Waals surface area contributed by atoms with Gasteiger partial charge in [-0.15, -0.1) is 0 Å². The van der Waals surface area contributed by atoms with E-state index in [-0.39, 0.29) is 31.1 Å². The number of carbonyl (C=O) groups excluding carboxylic acids is 2. The fourth-order valence-electron chi connectivity index (χ4n) is 2.69. The van der Waals surface area contributed by atoms with Crippen LogP contribution in [0, 0.1) is 0 Å². The zero-order valence-corrected chi connectivity index (χ0v) is 12.3. The van der Waals surface area contributed by atoms with Crippen molar-refractivity contribution in [1.82, 2.24) is 4.90 Å². The highest BCUT2D eigenvalue weighted by atomic mass is 16.7. The Labute approximate surface area is 127 Å². The molecule has 0 radical (unpaired) electrons. The largest absolute Gasteiger partial charge is 0.454 e. The fourth-order valence-corrected chi connectivity index (χ4v) is 2.69. The third-order valence-corrected chi connectivity index (χ3v) is 3.78. The Kier molecular flexibility index (Phi) is 4.00. The highest BCUT2D eigenvalue weighted by Gasteiger charge is 2.24. The number of likely N-dealkylation sites (tertiary alicyclic amines) is 1. The number of carbonyl (C=O) groups is 2. The van der Waals surface area contributed by atoms with E-state index in [2.05, 4.69) is 5.32 Å². The molecule has 3 rings (SSSR count). The van der Waals surface area contributed by atoms with Crippen LogP contribution in [0.2, 0.25) is 0 Å². The van der Waals surface area contributed by atoms with Crippen LogP contribution >= 0.6 is 0 Å². The highest BCUT2D eigenvalue weighted by molar-refractivity contribution is 6.05. The summed E-state index contributed by atoms with van der Waals surface area (Å²) in [5, 5.41) is 12.2. The minimum atomic E-state index is -0.369. The second-order valence-corrected chi connectivity index (χ2v) is 5.53. The molecule has 2 N–H and O–H groups in total. The van der Waals surface area contributed by atoms with Crippen LogP contribution in [0.25, 0.3) is 0 Å². The predicted molar refractivity (Wildman–Crippen MR) is 78.3 cm³/mol. The number of β-amino-alcohol motifs (C(OH)–C–C–N with tert-alkyl or cyclic N) is 1. The number of ketones is 1. The molecule has 118 valence electrons. The van der Waals surface area contributed by atoms with Crippen molar-refractivity contribution < 1.29 is 24.2 Å². The number of ether oxygens (including phenoxy) is 2. The Balaban J connectivity index is 1.73. The molecule has 0 aliphatic carbocycles. The van der Waals surface area contributed by atoms with Crippen LogP contribution in [0.4, 0.5) is 5.69 Å². The van der Waals surface area contributed by atoms with Gasteiger partial charge in [0, 0.05) is 24.7 Å². The third-order valence-electron chi connectivity index (χ3n) is 3.78. The van der Waals surface area contributed by atoms with Crippen LogP contribution in [0.1, 0.15) is 23.7 Å². The zero-order valence-electron chi connectivity index (χ0n) is 12.3. The number of nitrogens with one attached hydrogen (secondary N) is 1. The lowest BCUT2D eigenvalue weighted by Gasteiger charge is -2.16. The summed E-state index contributed by atoms with van der Waals surface area (Å²) in [5.74, 6) is 0.628. The van der Waals surface area contributed by atoms with Crippen LogP contribution in [-0.4, -0.2) is 54.2 Å². The maximum Gasteiger partial charge on any atom is 0.238 e. The lowest BCUT2D eigenvalue weighted by atomic mass is 10.1. The van der Waals surface area contributed by atoms with E-state index in [9.17, 15) is 14.7 Å². The molecule has 0 spiro atoms. The first-order valence-electron chi connectivity index (χ1n) is 7.18. The van der Waals surface area contributed by atoms with Crippen LogP contribution < -0.4 is 14.8 Å². The van der Waals surface area contributed by atoms with Gasteiger partial charge in [0.15, 0.2) is 17.3 Å². The molecule has 2 aliphatic heterocycles. The van der Waals surface area contributed by atoms with Gasteiger partial charge in [-0.1, -0.05) is 0 Å². The molecule has 2 heterocycles. The molecule has 1 atom stereocenters. The number of hydrogen-bond acceptors (Lipinski definition) is 6. The van der Waals surface area contributed by atoms with Crippen molar-refractivity contribution in [2.24, 2.45) is 0 Å². The number of Topliss-reactive ketones (excluding diaryl/α,β-unsaturated/α-hetero) is 1. The fraction of sp³-hybridized carbons (Fsp3) is 0.467. The Hall–Kier alpha value is -2.12. The number of nitrogens with zero attached hydrogens (tertiary/aromatic N) is 1. The monoisotopic (exact) mass is 306 g/mol. The number of hydrogen-bond donors (Lipinski definition) is 2. The number of rotatable bonds is 4. The van der Waals surface area contributed by atoms with E-state index in [0.29, 0.717) is 42.3 Å². The summed E-state index contributed by atoms with van der Waals surface area (Å²) in [6, 6.07) is 3.19. The molecule has 1 saturated heterocycles. The van der Waals surface area contributed by atoms with Crippen LogP contribution in [-0.2, 0) is 4.79 Å². The SMILES string of the molecule is CC(=O)c1cc2c(cc1NC(=O)CN1CCC(O)C1)OCO2. The summed E-state index contributed by atoms with van der Waals surface area (Å²) < 4.78 is 10.5. The average Bonchev–Trinajstić information content (AvgIpc) is 3.06. The standard InChI is InChI=1S/C15H18N2O5/c1-9(18)11-4-13-14(22-8-21-13)5-12(11)16-15(20)7-17-3-2-10(19)6-17/h4-5,10,19H,2-3,6-8H2,1H3,(H,16,20). The van der Waals surface area contributed by atoms with Gasteiger partial charge in [-0.2, -0.15) is 0 Å². The number of fused-ring (bicyclic) bond motifs is 1. The summed E-state index contributed by atoms with van der Waals surface area (Å²) >= 11 is 0. The first-order chi connectivity index (χ1) is 10.5. The molecular formula is C15H18N2O5.